The quantitative estimate of drug-likeness (QED) is 0.770. The van der Waals surface area contributed by atoms with E-state index in [0.29, 0.717) is 19.8 Å². The maximum Gasteiger partial charge on any atom is 0.123 e. The highest BCUT2D eigenvalue weighted by Gasteiger charge is 2.04. The Bertz CT molecular complexity index is 292. The van der Waals surface area contributed by atoms with Gasteiger partial charge in [0.1, 0.15) is 11.9 Å². The van der Waals surface area contributed by atoms with Gasteiger partial charge in [0.05, 0.1) is 12.3 Å². The molecule has 1 heterocycles. The summed E-state index contributed by atoms with van der Waals surface area (Å²) in [5, 5.41) is 0. The predicted molar refractivity (Wildman–Crippen MR) is 58.7 cm³/mol. The van der Waals surface area contributed by atoms with E-state index >= 15 is 0 Å². The lowest BCUT2D eigenvalue weighted by atomic mass is 10.3. The standard InChI is InChI=1S/C11H18N2O2/c1-3-14-8-9(2)15-11-4-5-13-10(6-11)7-12/h4-6,9H,3,7-8,12H2,1-2H3. The van der Waals surface area contributed by atoms with E-state index in [-0.39, 0.29) is 6.10 Å². The monoisotopic (exact) mass is 210 g/mol. The molecule has 0 spiro atoms. The van der Waals surface area contributed by atoms with Crippen LogP contribution in [0.4, 0.5) is 0 Å². The number of nitrogens with two attached hydrogens (primary N) is 1. The molecule has 0 saturated carbocycles. The summed E-state index contributed by atoms with van der Waals surface area (Å²) < 4.78 is 10.9. The van der Waals surface area contributed by atoms with Gasteiger partial charge in [-0.3, -0.25) is 4.98 Å². The average molecular weight is 210 g/mol. The number of rotatable bonds is 6. The van der Waals surface area contributed by atoms with Crippen LogP contribution in [0.25, 0.3) is 0 Å². The lowest BCUT2D eigenvalue weighted by Crippen LogP contribution is -2.19. The molecule has 0 aliphatic heterocycles. The smallest absolute Gasteiger partial charge is 0.123 e. The zero-order valence-corrected chi connectivity index (χ0v) is 9.27. The maximum absolute atomic E-state index is 5.64. The Morgan fingerprint density at radius 1 is 1.53 bits per heavy atom. The van der Waals surface area contributed by atoms with Crippen LogP contribution in [0.1, 0.15) is 19.5 Å². The van der Waals surface area contributed by atoms with Crippen molar-refractivity contribution in [3.05, 3.63) is 24.0 Å². The van der Waals surface area contributed by atoms with Gasteiger partial charge in [0.2, 0.25) is 0 Å². The Labute approximate surface area is 90.4 Å². The fourth-order valence-corrected chi connectivity index (χ4v) is 1.19. The first kappa shape index (κ1) is 11.9. The SMILES string of the molecule is CCOCC(C)Oc1ccnc(CN)c1. The second kappa shape index (κ2) is 6.37. The van der Waals surface area contributed by atoms with Crippen LogP contribution >= 0.6 is 0 Å². The highest BCUT2D eigenvalue weighted by Crippen LogP contribution is 2.12. The molecule has 0 saturated heterocycles. The molecule has 2 N–H and O–H groups in total. The van der Waals surface area contributed by atoms with Crippen LogP contribution in [-0.4, -0.2) is 24.3 Å². The molecule has 84 valence electrons. The molecule has 1 unspecified atom stereocenters. The second-order valence-corrected chi connectivity index (χ2v) is 3.27. The molecule has 0 aliphatic carbocycles. The summed E-state index contributed by atoms with van der Waals surface area (Å²) in [5.41, 5.74) is 6.32. The first-order valence-electron chi connectivity index (χ1n) is 5.15. The number of hydrogen-bond acceptors (Lipinski definition) is 4. The van der Waals surface area contributed by atoms with E-state index in [1.54, 1.807) is 6.20 Å². The molecule has 0 radical (unpaired) electrons. The maximum atomic E-state index is 5.64. The summed E-state index contributed by atoms with van der Waals surface area (Å²) in [6.45, 7) is 5.66. The van der Waals surface area contributed by atoms with E-state index in [1.165, 1.54) is 0 Å². The molecular formula is C11H18N2O2. The predicted octanol–water partition coefficient (Wildman–Crippen LogP) is 1.34. The van der Waals surface area contributed by atoms with Crippen LogP contribution in [0.3, 0.4) is 0 Å². The third-order valence-electron chi connectivity index (χ3n) is 1.89. The molecule has 1 aromatic heterocycles. The van der Waals surface area contributed by atoms with E-state index in [9.17, 15) is 0 Å². The molecule has 0 fully saturated rings. The largest absolute Gasteiger partial charge is 0.488 e. The van der Waals surface area contributed by atoms with Gasteiger partial charge in [-0.1, -0.05) is 0 Å². The van der Waals surface area contributed by atoms with Gasteiger partial charge in [-0.25, -0.2) is 0 Å². The molecule has 4 heteroatoms. The lowest BCUT2D eigenvalue weighted by molar-refractivity contribution is 0.0656. The normalized spacial score (nSPS) is 12.5. The zero-order valence-electron chi connectivity index (χ0n) is 9.27. The number of pyridine rings is 1. The van der Waals surface area contributed by atoms with Gasteiger partial charge in [-0.15, -0.1) is 0 Å². The minimum atomic E-state index is 0.0398. The Hall–Kier alpha value is -1.13. The summed E-state index contributed by atoms with van der Waals surface area (Å²) in [6, 6.07) is 3.67. The minimum absolute atomic E-state index is 0.0398. The van der Waals surface area contributed by atoms with Crippen LogP contribution < -0.4 is 10.5 Å². The van der Waals surface area contributed by atoms with Crippen molar-refractivity contribution >= 4 is 0 Å². The highest BCUT2D eigenvalue weighted by molar-refractivity contribution is 5.22. The van der Waals surface area contributed by atoms with E-state index < -0.39 is 0 Å². The summed E-state index contributed by atoms with van der Waals surface area (Å²) in [5.74, 6) is 0.789. The number of nitrogens with zero attached hydrogens (tertiary/aromatic N) is 1. The molecule has 15 heavy (non-hydrogen) atoms. The van der Waals surface area contributed by atoms with Gasteiger partial charge in [-0.05, 0) is 19.9 Å². The third kappa shape index (κ3) is 4.27. The molecule has 0 aromatic carbocycles. The van der Waals surface area contributed by atoms with E-state index in [2.05, 4.69) is 4.98 Å². The van der Waals surface area contributed by atoms with Crippen molar-refractivity contribution in [2.75, 3.05) is 13.2 Å². The van der Waals surface area contributed by atoms with Gasteiger partial charge < -0.3 is 15.2 Å². The van der Waals surface area contributed by atoms with Crippen molar-refractivity contribution in [2.45, 2.75) is 26.5 Å². The number of aromatic nitrogens is 1. The van der Waals surface area contributed by atoms with Crippen molar-refractivity contribution < 1.29 is 9.47 Å². The minimum Gasteiger partial charge on any atom is -0.488 e. The second-order valence-electron chi connectivity index (χ2n) is 3.27. The highest BCUT2D eigenvalue weighted by atomic mass is 16.5. The van der Waals surface area contributed by atoms with Gasteiger partial charge in [0, 0.05) is 25.4 Å². The van der Waals surface area contributed by atoms with Gasteiger partial charge in [0.15, 0.2) is 0 Å². The average Bonchev–Trinajstić information content (AvgIpc) is 2.26. The summed E-state index contributed by atoms with van der Waals surface area (Å²) in [6.07, 6.45) is 1.74. The zero-order chi connectivity index (χ0) is 11.1. The molecule has 0 aliphatic rings. The summed E-state index contributed by atoms with van der Waals surface area (Å²) in [4.78, 5) is 4.09. The van der Waals surface area contributed by atoms with E-state index in [4.69, 9.17) is 15.2 Å². The van der Waals surface area contributed by atoms with E-state index in [1.807, 2.05) is 26.0 Å². The Balaban J connectivity index is 2.48. The number of ether oxygens (including phenoxy) is 2. The van der Waals surface area contributed by atoms with Crippen molar-refractivity contribution in [3.8, 4) is 5.75 Å². The van der Waals surface area contributed by atoms with Crippen molar-refractivity contribution in [1.82, 2.24) is 4.98 Å². The third-order valence-corrected chi connectivity index (χ3v) is 1.89. The van der Waals surface area contributed by atoms with Crippen LogP contribution in [0.5, 0.6) is 5.75 Å². The molecular weight excluding hydrogens is 192 g/mol. The summed E-state index contributed by atoms with van der Waals surface area (Å²) in [7, 11) is 0. The van der Waals surface area contributed by atoms with Crippen LogP contribution in [0.15, 0.2) is 18.3 Å². The molecule has 1 rings (SSSR count). The molecule has 0 amide bonds. The molecule has 1 atom stereocenters. The summed E-state index contributed by atoms with van der Waals surface area (Å²) >= 11 is 0. The lowest BCUT2D eigenvalue weighted by Gasteiger charge is -2.14. The fraction of sp³-hybridized carbons (Fsp3) is 0.545. The first-order chi connectivity index (χ1) is 7.26. The van der Waals surface area contributed by atoms with Crippen LogP contribution in [-0.2, 0) is 11.3 Å². The van der Waals surface area contributed by atoms with Crippen LogP contribution in [0, 0.1) is 0 Å². The van der Waals surface area contributed by atoms with Gasteiger partial charge in [-0.2, -0.15) is 0 Å². The molecule has 4 nitrogen and oxygen atoms in total. The van der Waals surface area contributed by atoms with Crippen molar-refractivity contribution in [3.63, 3.8) is 0 Å². The van der Waals surface area contributed by atoms with Crippen molar-refractivity contribution in [2.24, 2.45) is 5.73 Å². The van der Waals surface area contributed by atoms with Gasteiger partial charge in [0.25, 0.3) is 0 Å². The van der Waals surface area contributed by atoms with Gasteiger partial charge >= 0.3 is 0 Å². The van der Waals surface area contributed by atoms with Crippen LogP contribution in [0.2, 0.25) is 0 Å². The van der Waals surface area contributed by atoms with Crippen molar-refractivity contribution in [1.29, 1.82) is 0 Å². The fourth-order valence-electron chi connectivity index (χ4n) is 1.19. The Morgan fingerprint density at radius 3 is 3.00 bits per heavy atom. The van der Waals surface area contributed by atoms with E-state index in [0.717, 1.165) is 11.4 Å². The first-order valence-corrected chi connectivity index (χ1v) is 5.15. The molecule has 0 bridgehead atoms. The number of hydrogen-bond donors (Lipinski definition) is 1. The molecule has 1 aromatic rings. The topological polar surface area (TPSA) is 57.4 Å². The Morgan fingerprint density at radius 2 is 2.33 bits per heavy atom. The Kier molecular flexibility index (Phi) is 5.07.